The van der Waals surface area contributed by atoms with Crippen LogP contribution in [0.3, 0.4) is 0 Å². The van der Waals surface area contributed by atoms with Gasteiger partial charge in [0.2, 0.25) is 10.0 Å². The fourth-order valence-corrected chi connectivity index (χ4v) is 3.17. The van der Waals surface area contributed by atoms with E-state index in [4.69, 9.17) is 9.47 Å². The largest absolute Gasteiger partial charge is 0.497 e. The van der Waals surface area contributed by atoms with Crippen molar-refractivity contribution >= 4 is 10.0 Å². The van der Waals surface area contributed by atoms with Crippen LogP contribution in [0.1, 0.15) is 11.5 Å². The van der Waals surface area contributed by atoms with E-state index in [-0.39, 0.29) is 17.2 Å². The summed E-state index contributed by atoms with van der Waals surface area (Å²) in [6, 6.07) is 4.57. The maximum Gasteiger partial charge on any atom is 0.244 e. The first-order valence-electron chi connectivity index (χ1n) is 6.68. The highest BCUT2D eigenvalue weighted by Crippen LogP contribution is 2.28. The normalized spacial score (nSPS) is 11.4. The SMILES string of the molecule is COc1ccc(S(=O)(=O)NCCc2cnc(C)[nH]2)c(OC)c1. The molecule has 7 nitrogen and oxygen atoms in total. The third-order valence-electron chi connectivity index (χ3n) is 3.10. The lowest BCUT2D eigenvalue weighted by Gasteiger charge is -2.11. The van der Waals surface area contributed by atoms with Crippen LogP contribution in [0.4, 0.5) is 0 Å². The van der Waals surface area contributed by atoms with E-state index in [1.807, 2.05) is 6.92 Å². The molecule has 0 fully saturated rings. The van der Waals surface area contributed by atoms with E-state index in [1.54, 1.807) is 12.3 Å². The second-order valence-electron chi connectivity index (χ2n) is 4.66. The Balaban J connectivity index is 2.09. The summed E-state index contributed by atoms with van der Waals surface area (Å²) in [5.41, 5.74) is 0.877. The Bertz CT molecular complexity index is 740. The van der Waals surface area contributed by atoms with Crippen LogP contribution in [-0.2, 0) is 16.4 Å². The molecule has 2 rings (SSSR count). The fraction of sp³-hybridized carbons (Fsp3) is 0.357. The van der Waals surface area contributed by atoms with Gasteiger partial charge in [-0.1, -0.05) is 0 Å². The van der Waals surface area contributed by atoms with Crippen molar-refractivity contribution in [2.75, 3.05) is 20.8 Å². The molecule has 0 saturated heterocycles. The van der Waals surface area contributed by atoms with Crippen molar-refractivity contribution in [3.63, 3.8) is 0 Å². The molecule has 2 aromatic rings. The maximum atomic E-state index is 12.3. The smallest absolute Gasteiger partial charge is 0.244 e. The summed E-state index contributed by atoms with van der Waals surface area (Å²) in [6.45, 7) is 2.11. The van der Waals surface area contributed by atoms with Crippen molar-refractivity contribution in [1.82, 2.24) is 14.7 Å². The molecule has 0 saturated carbocycles. The number of aryl methyl sites for hydroxylation is 1. The molecule has 0 aliphatic rings. The lowest BCUT2D eigenvalue weighted by atomic mass is 10.3. The number of nitrogens with zero attached hydrogens (tertiary/aromatic N) is 1. The summed E-state index contributed by atoms with van der Waals surface area (Å²) < 4.78 is 37.4. The van der Waals surface area contributed by atoms with E-state index >= 15 is 0 Å². The summed E-state index contributed by atoms with van der Waals surface area (Å²) in [5, 5.41) is 0. The van der Waals surface area contributed by atoms with E-state index in [9.17, 15) is 8.42 Å². The van der Waals surface area contributed by atoms with Crippen LogP contribution >= 0.6 is 0 Å². The number of aromatic amines is 1. The molecule has 2 N–H and O–H groups in total. The van der Waals surface area contributed by atoms with E-state index in [2.05, 4.69) is 14.7 Å². The summed E-state index contributed by atoms with van der Waals surface area (Å²) in [7, 11) is -0.731. The van der Waals surface area contributed by atoms with E-state index < -0.39 is 10.0 Å². The predicted octanol–water partition coefficient (Wildman–Crippen LogP) is 1.26. The fourth-order valence-electron chi connectivity index (χ4n) is 1.99. The number of benzene rings is 1. The van der Waals surface area contributed by atoms with Crippen LogP contribution in [-0.4, -0.2) is 39.2 Å². The molecule has 0 radical (unpaired) electrons. The Hall–Kier alpha value is -2.06. The van der Waals surface area contributed by atoms with Crippen molar-refractivity contribution in [3.8, 4) is 11.5 Å². The van der Waals surface area contributed by atoms with Crippen molar-refractivity contribution in [3.05, 3.63) is 35.9 Å². The van der Waals surface area contributed by atoms with Gasteiger partial charge in [0.15, 0.2) is 0 Å². The van der Waals surface area contributed by atoms with Crippen LogP contribution < -0.4 is 14.2 Å². The highest BCUT2D eigenvalue weighted by molar-refractivity contribution is 7.89. The summed E-state index contributed by atoms with van der Waals surface area (Å²) in [4.78, 5) is 7.20. The molecule has 1 heterocycles. The van der Waals surface area contributed by atoms with Gasteiger partial charge in [-0.15, -0.1) is 0 Å². The number of nitrogens with one attached hydrogen (secondary N) is 2. The highest BCUT2D eigenvalue weighted by Gasteiger charge is 2.19. The number of hydrogen-bond donors (Lipinski definition) is 2. The third kappa shape index (κ3) is 3.77. The Morgan fingerprint density at radius 3 is 2.64 bits per heavy atom. The minimum absolute atomic E-state index is 0.0802. The number of methoxy groups -OCH3 is 2. The molecule has 1 aromatic carbocycles. The lowest BCUT2D eigenvalue weighted by Crippen LogP contribution is -2.26. The zero-order valence-electron chi connectivity index (χ0n) is 12.7. The van der Waals surface area contributed by atoms with Crippen LogP contribution in [0, 0.1) is 6.92 Å². The van der Waals surface area contributed by atoms with E-state index in [0.29, 0.717) is 12.2 Å². The first-order chi connectivity index (χ1) is 10.5. The van der Waals surface area contributed by atoms with Crippen molar-refractivity contribution < 1.29 is 17.9 Å². The van der Waals surface area contributed by atoms with Crippen molar-refractivity contribution in [1.29, 1.82) is 0 Å². The van der Waals surface area contributed by atoms with Gasteiger partial charge in [0.1, 0.15) is 22.2 Å². The number of ether oxygens (including phenoxy) is 2. The van der Waals surface area contributed by atoms with Gasteiger partial charge in [-0.05, 0) is 19.1 Å². The van der Waals surface area contributed by atoms with Crippen LogP contribution in [0.2, 0.25) is 0 Å². The monoisotopic (exact) mass is 325 g/mol. The van der Waals surface area contributed by atoms with E-state index in [1.165, 1.54) is 26.4 Å². The minimum Gasteiger partial charge on any atom is -0.497 e. The number of hydrogen-bond acceptors (Lipinski definition) is 5. The van der Waals surface area contributed by atoms with Gasteiger partial charge in [0, 0.05) is 30.9 Å². The molecule has 0 aliphatic heterocycles. The number of aromatic nitrogens is 2. The topological polar surface area (TPSA) is 93.3 Å². The van der Waals surface area contributed by atoms with Gasteiger partial charge in [0.05, 0.1) is 14.2 Å². The Kier molecular flexibility index (Phi) is 5.04. The van der Waals surface area contributed by atoms with Crippen LogP contribution in [0.25, 0.3) is 0 Å². The number of imidazole rings is 1. The highest BCUT2D eigenvalue weighted by atomic mass is 32.2. The Morgan fingerprint density at radius 1 is 1.27 bits per heavy atom. The van der Waals surface area contributed by atoms with E-state index in [0.717, 1.165) is 11.5 Å². The third-order valence-corrected chi connectivity index (χ3v) is 4.60. The van der Waals surface area contributed by atoms with Crippen LogP contribution in [0.15, 0.2) is 29.3 Å². The van der Waals surface area contributed by atoms with Gasteiger partial charge in [0.25, 0.3) is 0 Å². The Labute approximate surface area is 129 Å². The summed E-state index contributed by atoms with van der Waals surface area (Å²) in [5.74, 6) is 1.57. The predicted molar refractivity (Wildman–Crippen MR) is 81.8 cm³/mol. The van der Waals surface area contributed by atoms with Crippen molar-refractivity contribution in [2.24, 2.45) is 0 Å². The van der Waals surface area contributed by atoms with Gasteiger partial charge in [-0.2, -0.15) is 0 Å². The molecule has 0 aliphatic carbocycles. The summed E-state index contributed by atoms with van der Waals surface area (Å²) in [6.07, 6.45) is 2.22. The standard InChI is InChI=1S/C14H19N3O4S/c1-10-15-9-11(17-10)6-7-16-22(18,19)14-5-4-12(20-2)8-13(14)21-3/h4-5,8-9,16H,6-7H2,1-3H3,(H,15,17). The molecule has 0 unspecified atom stereocenters. The van der Waals surface area contributed by atoms with Gasteiger partial charge >= 0.3 is 0 Å². The lowest BCUT2D eigenvalue weighted by molar-refractivity contribution is 0.386. The molecule has 8 heteroatoms. The minimum atomic E-state index is -3.66. The molecule has 0 atom stereocenters. The molecule has 0 amide bonds. The van der Waals surface area contributed by atoms with Gasteiger partial charge in [-0.3, -0.25) is 0 Å². The zero-order chi connectivity index (χ0) is 16.2. The number of sulfonamides is 1. The maximum absolute atomic E-state index is 12.3. The first-order valence-corrected chi connectivity index (χ1v) is 8.17. The van der Waals surface area contributed by atoms with Gasteiger partial charge in [-0.25, -0.2) is 18.1 Å². The Morgan fingerprint density at radius 2 is 2.05 bits per heavy atom. The zero-order valence-corrected chi connectivity index (χ0v) is 13.5. The molecule has 120 valence electrons. The first kappa shape index (κ1) is 16.3. The average molecular weight is 325 g/mol. The second kappa shape index (κ2) is 6.80. The molecular formula is C14H19N3O4S. The molecule has 0 bridgehead atoms. The van der Waals surface area contributed by atoms with Crippen LogP contribution in [0.5, 0.6) is 11.5 Å². The van der Waals surface area contributed by atoms with Crippen molar-refractivity contribution in [2.45, 2.75) is 18.2 Å². The van der Waals surface area contributed by atoms with Gasteiger partial charge < -0.3 is 14.5 Å². The second-order valence-corrected chi connectivity index (χ2v) is 6.39. The molecule has 22 heavy (non-hydrogen) atoms. The molecular weight excluding hydrogens is 306 g/mol. The molecule has 0 spiro atoms. The number of H-pyrrole nitrogens is 1. The summed E-state index contributed by atoms with van der Waals surface area (Å²) >= 11 is 0. The molecule has 1 aromatic heterocycles. The quantitative estimate of drug-likeness (QED) is 0.799. The average Bonchev–Trinajstić information content (AvgIpc) is 2.91. The number of rotatable bonds is 7.